The van der Waals surface area contributed by atoms with E-state index in [0.717, 1.165) is 167 Å². The molecule has 68 heavy (non-hydrogen) atoms. The van der Waals surface area contributed by atoms with Crippen molar-refractivity contribution in [3.8, 4) is 34.5 Å². The summed E-state index contributed by atoms with van der Waals surface area (Å²) in [5.74, 6) is 0.989. The lowest BCUT2D eigenvalue weighted by Gasteiger charge is -2.28. The third-order valence-electron chi connectivity index (χ3n) is 12.9. The van der Waals surface area contributed by atoms with Crippen LogP contribution in [0.4, 0.5) is 0 Å². The van der Waals surface area contributed by atoms with Gasteiger partial charge in [0.25, 0.3) is 0 Å². The Morgan fingerprint density at radius 3 is 1.07 bits per heavy atom. The third-order valence-corrected chi connectivity index (χ3v) is 12.9. The highest BCUT2D eigenvalue weighted by Crippen LogP contribution is 2.51. The van der Waals surface area contributed by atoms with Crippen LogP contribution in [-0.4, -0.2) is 90.2 Å². The summed E-state index contributed by atoms with van der Waals surface area (Å²) in [6.07, 6.45) is 26.1. The highest BCUT2D eigenvalue weighted by Gasteiger charge is 2.41. The second kappa shape index (κ2) is 33.1. The number of carbonyl (C=O) groups is 2. The third kappa shape index (κ3) is 18.0. The quantitative estimate of drug-likeness (QED) is 0.0507. The minimum absolute atomic E-state index is 0.102. The molecule has 384 valence electrons. The summed E-state index contributed by atoms with van der Waals surface area (Å²) < 4.78 is 63.4. The fourth-order valence-corrected chi connectivity index (χ4v) is 8.94. The highest BCUT2D eigenvalue weighted by molar-refractivity contribution is 6.31. The van der Waals surface area contributed by atoms with Crippen molar-refractivity contribution in [1.82, 2.24) is 0 Å². The van der Waals surface area contributed by atoms with Crippen LogP contribution in [0.3, 0.4) is 0 Å². The van der Waals surface area contributed by atoms with Crippen LogP contribution in [0.1, 0.15) is 226 Å². The molecule has 2 unspecified atom stereocenters. The fraction of sp³-hybridized carbons (Fsp3) is 0.750. The largest absolute Gasteiger partial charge is 0.490 e. The molecule has 0 spiro atoms. The van der Waals surface area contributed by atoms with Crippen molar-refractivity contribution >= 4 is 11.6 Å². The molecule has 2 atom stereocenters. The molecule has 5 rings (SSSR count). The molecular formula is C56H88O12. The van der Waals surface area contributed by atoms with Crippen LogP contribution in [0.2, 0.25) is 0 Å². The Balaban J connectivity index is 1.57. The van der Waals surface area contributed by atoms with E-state index >= 15 is 9.59 Å². The van der Waals surface area contributed by atoms with E-state index in [-0.39, 0.29) is 72.8 Å². The SMILES string of the molecule is CCCCCCCOc1cc2c(c(OCCOC3CCCCO3)c1OCCCCCCC)C(=O)c1cc(OCCCCCCC)c(OCCCCCCC)c(OCCOC3CCCCO3)c1C2=O. The van der Waals surface area contributed by atoms with Gasteiger partial charge in [-0.2, -0.15) is 0 Å². The topological polar surface area (TPSA) is 126 Å². The molecule has 12 nitrogen and oxygen atoms in total. The number of fused-ring (bicyclic) bond motifs is 2. The van der Waals surface area contributed by atoms with Gasteiger partial charge in [-0.1, -0.05) is 130 Å². The number of carbonyl (C=O) groups excluding carboxylic acids is 2. The number of hydrogen-bond donors (Lipinski definition) is 0. The molecule has 2 aromatic carbocycles. The van der Waals surface area contributed by atoms with Crippen LogP contribution in [0.25, 0.3) is 0 Å². The zero-order valence-corrected chi connectivity index (χ0v) is 42.7. The average molecular weight is 953 g/mol. The first-order valence-corrected chi connectivity index (χ1v) is 27.3. The predicted molar refractivity (Wildman–Crippen MR) is 267 cm³/mol. The zero-order valence-electron chi connectivity index (χ0n) is 42.7. The maximum atomic E-state index is 15.4. The lowest BCUT2D eigenvalue weighted by molar-refractivity contribution is -0.165. The lowest BCUT2D eigenvalue weighted by atomic mass is 9.82. The average Bonchev–Trinajstić information content (AvgIpc) is 3.36. The van der Waals surface area contributed by atoms with Crippen LogP contribution >= 0.6 is 0 Å². The van der Waals surface area contributed by atoms with Crippen LogP contribution in [-0.2, 0) is 18.9 Å². The first-order valence-electron chi connectivity index (χ1n) is 27.3. The van der Waals surface area contributed by atoms with Gasteiger partial charge in [0, 0.05) is 24.3 Å². The molecule has 2 saturated heterocycles. The number of benzene rings is 2. The van der Waals surface area contributed by atoms with E-state index in [1.165, 1.54) is 0 Å². The van der Waals surface area contributed by atoms with Crippen molar-refractivity contribution < 1.29 is 57.0 Å². The van der Waals surface area contributed by atoms with E-state index in [2.05, 4.69) is 27.7 Å². The van der Waals surface area contributed by atoms with Gasteiger partial charge >= 0.3 is 0 Å². The highest BCUT2D eigenvalue weighted by atomic mass is 16.7. The summed E-state index contributed by atoms with van der Waals surface area (Å²) >= 11 is 0. The molecule has 0 amide bonds. The van der Waals surface area contributed by atoms with Gasteiger partial charge in [-0.05, 0) is 76.3 Å². The Hall–Kier alpha value is -3.58. The van der Waals surface area contributed by atoms with Gasteiger partial charge in [0.05, 0.1) is 50.8 Å². The molecule has 0 N–H and O–H groups in total. The van der Waals surface area contributed by atoms with Crippen LogP contribution in [0.5, 0.6) is 34.5 Å². The molecule has 2 fully saturated rings. The van der Waals surface area contributed by atoms with E-state index in [4.69, 9.17) is 47.4 Å². The monoisotopic (exact) mass is 953 g/mol. The van der Waals surface area contributed by atoms with E-state index in [1.54, 1.807) is 12.1 Å². The van der Waals surface area contributed by atoms with Crippen molar-refractivity contribution in [2.24, 2.45) is 0 Å². The molecule has 3 aliphatic rings. The summed E-state index contributed by atoms with van der Waals surface area (Å²) in [7, 11) is 0. The Bertz CT molecular complexity index is 1610. The van der Waals surface area contributed by atoms with E-state index < -0.39 is 11.6 Å². The zero-order chi connectivity index (χ0) is 48.0. The fourth-order valence-electron chi connectivity index (χ4n) is 8.94. The van der Waals surface area contributed by atoms with Gasteiger partial charge in [-0.15, -0.1) is 0 Å². The first kappa shape index (κ1) is 55.3. The molecule has 0 radical (unpaired) electrons. The summed E-state index contributed by atoms with van der Waals surface area (Å²) in [4.78, 5) is 30.8. The van der Waals surface area contributed by atoms with E-state index in [0.29, 0.717) is 62.6 Å². The van der Waals surface area contributed by atoms with Crippen molar-refractivity contribution in [2.45, 2.75) is 207 Å². The maximum Gasteiger partial charge on any atom is 0.204 e. The van der Waals surface area contributed by atoms with Gasteiger partial charge in [0.2, 0.25) is 11.5 Å². The summed E-state index contributed by atoms with van der Waals surface area (Å²) in [6, 6.07) is 3.36. The molecule has 12 heteroatoms. The molecule has 2 aliphatic heterocycles. The number of rotatable bonds is 38. The van der Waals surface area contributed by atoms with Crippen LogP contribution in [0.15, 0.2) is 12.1 Å². The summed E-state index contributed by atoms with van der Waals surface area (Å²) in [5.41, 5.74) is 0.590. The number of ether oxygens (including phenoxy) is 10. The molecule has 1 aliphatic carbocycles. The second-order valence-electron chi connectivity index (χ2n) is 18.7. The Morgan fingerprint density at radius 2 is 0.735 bits per heavy atom. The maximum absolute atomic E-state index is 15.4. The first-order chi connectivity index (χ1) is 33.5. The van der Waals surface area contributed by atoms with Gasteiger partial charge in [0.15, 0.2) is 47.1 Å². The van der Waals surface area contributed by atoms with Crippen molar-refractivity contribution in [1.29, 1.82) is 0 Å². The summed E-state index contributed by atoms with van der Waals surface area (Å²) in [5, 5.41) is 0. The minimum atomic E-state index is -0.393. The molecule has 2 aromatic rings. The molecular weight excluding hydrogens is 865 g/mol. The number of hydrogen-bond acceptors (Lipinski definition) is 12. The van der Waals surface area contributed by atoms with Crippen molar-refractivity contribution in [3.05, 3.63) is 34.4 Å². The van der Waals surface area contributed by atoms with Gasteiger partial charge < -0.3 is 47.4 Å². The second-order valence-corrected chi connectivity index (χ2v) is 18.7. The van der Waals surface area contributed by atoms with E-state index in [1.807, 2.05) is 0 Å². The van der Waals surface area contributed by atoms with Gasteiger partial charge in [-0.25, -0.2) is 0 Å². The Morgan fingerprint density at radius 1 is 0.397 bits per heavy atom. The van der Waals surface area contributed by atoms with Crippen molar-refractivity contribution in [3.63, 3.8) is 0 Å². The Kier molecular flexibility index (Phi) is 26.9. The van der Waals surface area contributed by atoms with Crippen LogP contribution in [0, 0.1) is 0 Å². The molecule has 0 saturated carbocycles. The predicted octanol–water partition coefficient (Wildman–Crippen LogP) is 13.7. The molecule has 0 bridgehead atoms. The van der Waals surface area contributed by atoms with Crippen LogP contribution < -0.4 is 28.4 Å². The van der Waals surface area contributed by atoms with Crippen molar-refractivity contribution in [2.75, 3.05) is 66.1 Å². The number of ketones is 2. The number of unbranched alkanes of at least 4 members (excludes halogenated alkanes) is 16. The normalized spacial score (nSPS) is 16.9. The molecule has 0 aromatic heterocycles. The Labute approximate surface area is 409 Å². The van der Waals surface area contributed by atoms with E-state index in [9.17, 15) is 0 Å². The molecule has 2 heterocycles. The van der Waals surface area contributed by atoms with Gasteiger partial charge in [-0.3, -0.25) is 9.59 Å². The van der Waals surface area contributed by atoms with Gasteiger partial charge in [0.1, 0.15) is 13.2 Å². The smallest absolute Gasteiger partial charge is 0.204 e. The standard InChI is InChI=1S/C56H88O12/c1-5-9-13-17-23-31-59-45-41-43-49(55(53(45)65-35-25-19-15-11-7-3)67-39-37-63-47-29-21-27-33-61-47)52(58)44-42-46(60-32-24-18-14-10-6-2)54(66-36-26-20-16-12-8-4)56(50(44)51(43)57)68-40-38-64-48-30-22-28-34-62-48/h41-42,47-48H,5-40H2,1-4H3. The summed E-state index contributed by atoms with van der Waals surface area (Å²) in [6.45, 7) is 12.4. The minimum Gasteiger partial charge on any atom is -0.490 e. The lowest BCUT2D eigenvalue weighted by Crippen LogP contribution is -2.27.